The van der Waals surface area contributed by atoms with Gasteiger partial charge in [0.15, 0.2) is 0 Å². The number of likely N-dealkylation sites (N-methyl/N-ethyl adjacent to an activating group) is 1. The Hall–Kier alpha value is -1.55. The Labute approximate surface area is 102 Å². The third-order valence-corrected chi connectivity index (χ3v) is 3.26. The monoisotopic (exact) mass is 233 g/mol. The fourth-order valence-corrected chi connectivity index (χ4v) is 2.14. The molecule has 1 fully saturated rings. The quantitative estimate of drug-likeness (QED) is 0.750. The van der Waals surface area contributed by atoms with Gasteiger partial charge in [-0.25, -0.2) is 0 Å². The number of nitrogens with two attached hydrogens (primary N) is 1. The van der Waals surface area contributed by atoms with E-state index in [2.05, 4.69) is 17.3 Å². The molecule has 0 spiro atoms. The maximum atomic E-state index is 12.0. The summed E-state index contributed by atoms with van der Waals surface area (Å²) in [5.41, 5.74) is 8.09. The van der Waals surface area contributed by atoms with Gasteiger partial charge < -0.3 is 16.0 Å². The first-order valence-corrected chi connectivity index (χ1v) is 5.92. The number of aryl methyl sites for hydroxylation is 1. The molecule has 0 radical (unpaired) electrons. The van der Waals surface area contributed by atoms with Crippen LogP contribution in [-0.2, 0) is 0 Å². The zero-order chi connectivity index (χ0) is 12.4. The van der Waals surface area contributed by atoms with E-state index in [4.69, 9.17) is 5.73 Å². The molecule has 1 amide bonds. The van der Waals surface area contributed by atoms with E-state index in [9.17, 15) is 4.79 Å². The van der Waals surface area contributed by atoms with Gasteiger partial charge in [0, 0.05) is 23.8 Å². The summed E-state index contributed by atoms with van der Waals surface area (Å²) in [6, 6.07) is 5.66. The van der Waals surface area contributed by atoms with Crippen molar-refractivity contribution in [2.45, 2.75) is 19.4 Å². The largest absolute Gasteiger partial charge is 0.399 e. The van der Waals surface area contributed by atoms with E-state index in [-0.39, 0.29) is 11.9 Å². The summed E-state index contributed by atoms with van der Waals surface area (Å²) in [6.45, 7) is 3.89. The van der Waals surface area contributed by atoms with Gasteiger partial charge in [-0.1, -0.05) is 0 Å². The summed E-state index contributed by atoms with van der Waals surface area (Å²) in [4.78, 5) is 14.2. The zero-order valence-corrected chi connectivity index (χ0v) is 10.4. The highest BCUT2D eigenvalue weighted by atomic mass is 16.1. The molecule has 2 rings (SSSR count). The molecule has 1 atom stereocenters. The summed E-state index contributed by atoms with van der Waals surface area (Å²) in [5.74, 6) is -0.00611. The number of nitrogens with zero attached hydrogens (tertiary/aromatic N) is 1. The van der Waals surface area contributed by atoms with Crippen molar-refractivity contribution in [2.75, 3.05) is 25.9 Å². The van der Waals surface area contributed by atoms with E-state index in [1.54, 1.807) is 12.1 Å². The van der Waals surface area contributed by atoms with Crippen LogP contribution in [0.25, 0.3) is 0 Å². The first kappa shape index (κ1) is 11.9. The minimum Gasteiger partial charge on any atom is -0.399 e. The molecule has 1 aliphatic heterocycles. The molecule has 1 heterocycles. The topological polar surface area (TPSA) is 58.4 Å². The Morgan fingerprint density at radius 2 is 2.29 bits per heavy atom. The average Bonchev–Trinajstić information content (AvgIpc) is 2.68. The standard InChI is InChI=1S/C13H19N3O/c1-9-7-10(3-4-12(9)14)13(17)15-11-5-6-16(2)8-11/h3-4,7,11H,5-6,8,14H2,1-2H3,(H,15,17). The molecule has 1 unspecified atom stereocenters. The molecule has 0 saturated carbocycles. The number of likely N-dealkylation sites (tertiary alicyclic amines) is 1. The Kier molecular flexibility index (Phi) is 3.33. The maximum absolute atomic E-state index is 12.0. The van der Waals surface area contributed by atoms with Crippen LogP contribution in [0.1, 0.15) is 22.3 Å². The number of hydrogen-bond donors (Lipinski definition) is 2. The second-order valence-corrected chi connectivity index (χ2v) is 4.79. The Bertz CT molecular complexity index is 431. The summed E-state index contributed by atoms with van der Waals surface area (Å²) < 4.78 is 0. The number of carbonyl (C=O) groups excluding carboxylic acids is 1. The number of rotatable bonds is 2. The van der Waals surface area contributed by atoms with Crippen LogP contribution in [0.15, 0.2) is 18.2 Å². The van der Waals surface area contributed by atoms with Gasteiger partial charge in [-0.2, -0.15) is 0 Å². The van der Waals surface area contributed by atoms with Gasteiger partial charge in [0.1, 0.15) is 0 Å². The van der Waals surface area contributed by atoms with E-state index in [0.717, 1.165) is 30.8 Å². The number of anilines is 1. The zero-order valence-electron chi connectivity index (χ0n) is 10.4. The Morgan fingerprint density at radius 1 is 1.53 bits per heavy atom. The van der Waals surface area contributed by atoms with Crippen molar-refractivity contribution in [1.82, 2.24) is 10.2 Å². The lowest BCUT2D eigenvalue weighted by Crippen LogP contribution is -2.36. The highest BCUT2D eigenvalue weighted by molar-refractivity contribution is 5.95. The minimum atomic E-state index is -0.00611. The summed E-state index contributed by atoms with van der Waals surface area (Å²) in [5, 5.41) is 3.05. The molecule has 4 nitrogen and oxygen atoms in total. The van der Waals surface area contributed by atoms with Crippen molar-refractivity contribution in [2.24, 2.45) is 0 Å². The van der Waals surface area contributed by atoms with Gasteiger partial charge in [-0.15, -0.1) is 0 Å². The second kappa shape index (κ2) is 4.75. The smallest absolute Gasteiger partial charge is 0.251 e. The van der Waals surface area contributed by atoms with Crippen molar-refractivity contribution in [3.8, 4) is 0 Å². The summed E-state index contributed by atoms with van der Waals surface area (Å²) >= 11 is 0. The third kappa shape index (κ3) is 2.77. The van der Waals surface area contributed by atoms with Crippen molar-refractivity contribution in [1.29, 1.82) is 0 Å². The highest BCUT2D eigenvalue weighted by Crippen LogP contribution is 2.13. The molecule has 1 aliphatic rings. The van der Waals surface area contributed by atoms with Crippen molar-refractivity contribution in [3.63, 3.8) is 0 Å². The molecule has 0 aromatic heterocycles. The molecule has 1 saturated heterocycles. The minimum absolute atomic E-state index is 0.00611. The molecular formula is C13H19N3O. The number of benzene rings is 1. The summed E-state index contributed by atoms with van der Waals surface area (Å²) in [7, 11) is 2.07. The lowest BCUT2D eigenvalue weighted by atomic mass is 10.1. The molecule has 92 valence electrons. The van der Waals surface area contributed by atoms with Crippen LogP contribution >= 0.6 is 0 Å². The van der Waals surface area contributed by atoms with Crippen LogP contribution in [0, 0.1) is 6.92 Å². The number of nitrogens with one attached hydrogen (secondary N) is 1. The normalized spacial score (nSPS) is 20.5. The van der Waals surface area contributed by atoms with Crippen molar-refractivity contribution in [3.05, 3.63) is 29.3 Å². The van der Waals surface area contributed by atoms with Crippen LogP contribution in [-0.4, -0.2) is 37.0 Å². The van der Waals surface area contributed by atoms with Gasteiger partial charge in [-0.3, -0.25) is 4.79 Å². The van der Waals surface area contributed by atoms with Crippen LogP contribution < -0.4 is 11.1 Å². The van der Waals surface area contributed by atoms with Crippen molar-refractivity contribution >= 4 is 11.6 Å². The predicted molar refractivity (Wildman–Crippen MR) is 69.0 cm³/mol. The predicted octanol–water partition coefficient (Wildman–Crippen LogP) is 1.01. The number of nitrogen functional groups attached to an aromatic ring is 1. The van der Waals surface area contributed by atoms with Gasteiger partial charge in [-0.05, 0) is 50.7 Å². The maximum Gasteiger partial charge on any atom is 0.251 e. The Morgan fingerprint density at radius 3 is 2.88 bits per heavy atom. The van der Waals surface area contributed by atoms with E-state index in [0.29, 0.717) is 5.56 Å². The molecule has 4 heteroatoms. The summed E-state index contributed by atoms with van der Waals surface area (Å²) in [6.07, 6.45) is 1.02. The fraction of sp³-hybridized carbons (Fsp3) is 0.462. The van der Waals surface area contributed by atoms with E-state index < -0.39 is 0 Å². The van der Waals surface area contributed by atoms with Crippen molar-refractivity contribution < 1.29 is 4.79 Å². The van der Waals surface area contributed by atoms with Crippen LogP contribution in [0.2, 0.25) is 0 Å². The number of carbonyl (C=O) groups is 1. The van der Waals surface area contributed by atoms with Gasteiger partial charge in [0.25, 0.3) is 5.91 Å². The molecule has 0 bridgehead atoms. The lowest BCUT2D eigenvalue weighted by Gasteiger charge is -2.13. The van der Waals surface area contributed by atoms with Crippen LogP contribution in [0.5, 0.6) is 0 Å². The first-order chi connectivity index (χ1) is 8.06. The van der Waals surface area contributed by atoms with E-state index in [1.165, 1.54) is 0 Å². The first-order valence-electron chi connectivity index (χ1n) is 5.92. The molecule has 17 heavy (non-hydrogen) atoms. The highest BCUT2D eigenvalue weighted by Gasteiger charge is 2.21. The average molecular weight is 233 g/mol. The van der Waals surface area contributed by atoms with E-state index >= 15 is 0 Å². The van der Waals surface area contributed by atoms with Crippen LogP contribution in [0.3, 0.4) is 0 Å². The number of hydrogen-bond acceptors (Lipinski definition) is 3. The third-order valence-electron chi connectivity index (χ3n) is 3.26. The molecular weight excluding hydrogens is 214 g/mol. The lowest BCUT2D eigenvalue weighted by molar-refractivity contribution is 0.0938. The van der Waals surface area contributed by atoms with E-state index in [1.807, 2.05) is 13.0 Å². The molecule has 1 aromatic rings. The van der Waals surface area contributed by atoms with Gasteiger partial charge >= 0.3 is 0 Å². The van der Waals surface area contributed by atoms with Gasteiger partial charge in [0.05, 0.1) is 0 Å². The fourth-order valence-electron chi connectivity index (χ4n) is 2.14. The van der Waals surface area contributed by atoms with Gasteiger partial charge in [0.2, 0.25) is 0 Å². The second-order valence-electron chi connectivity index (χ2n) is 4.79. The Balaban J connectivity index is 2.02. The molecule has 3 N–H and O–H groups in total. The number of amides is 1. The molecule has 0 aliphatic carbocycles. The molecule has 1 aromatic carbocycles. The SMILES string of the molecule is Cc1cc(C(=O)NC2CCN(C)C2)ccc1N. The van der Waals surface area contributed by atoms with Crippen LogP contribution in [0.4, 0.5) is 5.69 Å².